The topological polar surface area (TPSA) is 64.1 Å². The van der Waals surface area contributed by atoms with E-state index in [0.29, 0.717) is 43.8 Å². The zero-order chi connectivity index (χ0) is 21.4. The van der Waals surface area contributed by atoms with E-state index >= 15 is 0 Å². The van der Waals surface area contributed by atoms with Crippen molar-refractivity contribution in [3.05, 3.63) is 53.8 Å². The summed E-state index contributed by atoms with van der Waals surface area (Å²) in [5.74, 6) is 1.75. The number of ether oxygens (including phenoxy) is 3. The molecule has 0 radical (unpaired) electrons. The first kappa shape index (κ1) is 21.9. The zero-order valence-corrected chi connectivity index (χ0v) is 17.8. The van der Waals surface area contributed by atoms with Crippen LogP contribution < -0.4 is 20.1 Å². The highest BCUT2D eigenvalue weighted by Gasteiger charge is 2.35. The van der Waals surface area contributed by atoms with Gasteiger partial charge in [-0.05, 0) is 49.6 Å². The highest BCUT2D eigenvalue weighted by atomic mass is 19.1. The van der Waals surface area contributed by atoms with Gasteiger partial charge in [0.1, 0.15) is 5.82 Å². The third kappa shape index (κ3) is 5.21. The fraction of sp³-hybridized carbons (Fsp3) is 0.435. The molecule has 0 atom stereocenters. The molecule has 2 N–H and O–H groups in total. The molecule has 1 heterocycles. The molecule has 1 aliphatic heterocycles. The number of hydrogen-bond acceptors (Lipinski definition) is 4. The van der Waals surface area contributed by atoms with Crippen LogP contribution in [0.1, 0.15) is 25.3 Å². The van der Waals surface area contributed by atoms with Crippen LogP contribution in [-0.4, -0.2) is 46.5 Å². The van der Waals surface area contributed by atoms with E-state index in [2.05, 4.69) is 15.6 Å². The molecule has 0 spiro atoms. The Balaban J connectivity index is 1.73. The third-order valence-electron chi connectivity index (χ3n) is 5.43. The summed E-state index contributed by atoms with van der Waals surface area (Å²) in [5, 5.41) is 6.70. The van der Waals surface area contributed by atoms with Gasteiger partial charge in [0.25, 0.3) is 0 Å². The van der Waals surface area contributed by atoms with Gasteiger partial charge < -0.3 is 24.8 Å². The standard InChI is InChI=1S/C23H30FN3O3/c1-4-30-20-9-8-19(15-21(20)28-3)27-22(25-2)26-16-23(10-12-29-13-11-23)17-6-5-7-18(24)14-17/h5-9,14-15H,4,10-13,16H2,1-3H3,(H2,25,26,27). The van der Waals surface area contributed by atoms with Crippen LogP contribution in [0, 0.1) is 5.82 Å². The molecule has 0 saturated carbocycles. The Bertz CT molecular complexity index is 867. The first-order valence-electron chi connectivity index (χ1n) is 10.2. The summed E-state index contributed by atoms with van der Waals surface area (Å²) in [5.41, 5.74) is 1.60. The molecule has 162 valence electrons. The molecule has 1 fully saturated rings. The minimum absolute atomic E-state index is 0.214. The van der Waals surface area contributed by atoms with Gasteiger partial charge in [0.05, 0.1) is 13.7 Å². The fourth-order valence-corrected chi connectivity index (χ4v) is 3.74. The van der Waals surface area contributed by atoms with E-state index in [1.165, 1.54) is 6.07 Å². The average molecular weight is 416 g/mol. The second-order valence-electron chi connectivity index (χ2n) is 7.25. The van der Waals surface area contributed by atoms with Crippen molar-refractivity contribution in [2.75, 3.05) is 45.8 Å². The predicted molar refractivity (Wildman–Crippen MR) is 117 cm³/mol. The summed E-state index contributed by atoms with van der Waals surface area (Å²) >= 11 is 0. The van der Waals surface area contributed by atoms with Gasteiger partial charge in [0.15, 0.2) is 17.5 Å². The average Bonchev–Trinajstić information content (AvgIpc) is 2.78. The van der Waals surface area contributed by atoms with Crippen LogP contribution in [0.4, 0.5) is 10.1 Å². The maximum absolute atomic E-state index is 13.9. The van der Waals surface area contributed by atoms with Gasteiger partial charge in [0, 0.05) is 44.0 Å². The largest absolute Gasteiger partial charge is 0.493 e. The predicted octanol–water partition coefficient (Wildman–Crippen LogP) is 3.97. The molecule has 6 nitrogen and oxygen atoms in total. The van der Waals surface area contributed by atoms with Gasteiger partial charge in [-0.15, -0.1) is 0 Å². The number of anilines is 1. The van der Waals surface area contributed by atoms with Crippen molar-refractivity contribution in [3.63, 3.8) is 0 Å². The third-order valence-corrected chi connectivity index (χ3v) is 5.43. The van der Waals surface area contributed by atoms with Crippen LogP contribution in [0.25, 0.3) is 0 Å². The second kappa shape index (κ2) is 10.3. The minimum atomic E-state index is -0.220. The molecular formula is C23H30FN3O3. The lowest BCUT2D eigenvalue weighted by atomic mass is 9.74. The maximum atomic E-state index is 13.9. The number of guanidine groups is 1. The van der Waals surface area contributed by atoms with Gasteiger partial charge >= 0.3 is 0 Å². The summed E-state index contributed by atoms with van der Waals surface area (Å²) in [4.78, 5) is 4.34. The quantitative estimate of drug-likeness (QED) is 0.529. The van der Waals surface area contributed by atoms with E-state index < -0.39 is 0 Å². The number of benzene rings is 2. The van der Waals surface area contributed by atoms with Crippen LogP contribution in [0.15, 0.2) is 47.5 Å². The second-order valence-corrected chi connectivity index (χ2v) is 7.25. The van der Waals surface area contributed by atoms with Gasteiger partial charge in [0.2, 0.25) is 0 Å². The van der Waals surface area contributed by atoms with Crippen LogP contribution in [0.2, 0.25) is 0 Å². The number of aliphatic imine (C=N–C) groups is 1. The molecule has 3 rings (SSSR count). The number of halogens is 1. The SMILES string of the molecule is CCOc1ccc(NC(=NC)NCC2(c3cccc(F)c3)CCOCC2)cc1OC. The van der Waals surface area contributed by atoms with Crippen LogP contribution >= 0.6 is 0 Å². The van der Waals surface area contributed by atoms with Gasteiger partial charge in [-0.25, -0.2) is 4.39 Å². The normalized spacial score (nSPS) is 16.1. The number of methoxy groups -OCH3 is 1. The molecule has 0 aliphatic carbocycles. The monoisotopic (exact) mass is 415 g/mol. The zero-order valence-electron chi connectivity index (χ0n) is 17.8. The van der Waals surface area contributed by atoms with Crippen molar-refractivity contribution in [2.24, 2.45) is 4.99 Å². The van der Waals surface area contributed by atoms with Crippen LogP contribution in [-0.2, 0) is 10.2 Å². The Morgan fingerprint density at radius 3 is 2.63 bits per heavy atom. The van der Waals surface area contributed by atoms with Crippen molar-refractivity contribution in [1.29, 1.82) is 0 Å². The highest BCUT2D eigenvalue weighted by molar-refractivity contribution is 5.93. The lowest BCUT2D eigenvalue weighted by molar-refractivity contribution is 0.0513. The minimum Gasteiger partial charge on any atom is -0.493 e. The summed E-state index contributed by atoms with van der Waals surface area (Å²) in [6, 6.07) is 12.5. The highest BCUT2D eigenvalue weighted by Crippen LogP contribution is 2.35. The van der Waals surface area contributed by atoms with Crippen molar-refractivity contribution < 1.29 is 18.6 Å². The van der Waals surface area contributed by atoms with Crippen LogP contribution in [0.3, 0.4) is 0 Å². The molecule has 7 heteroatoms. The lowest BCUT2D eigenvalue weighted by Gasteiger charge is -2.38. The summed E-state index contributed by atoms with van der Waals surface area (Å²) in [6.07, 6.45) is 1.63. The summed E-state index contributed by atoms with van der Waals surface area (Å²) in [6.45, 7) is 4.43. The van der Waals surface area contributed by atoms with Gasteiger partial charge in [-0.2, -0.15) is 0 Å². The molecule has 0 amide bonds. The Morgan fingerprint density at radius 1 is 1.17 bits per heavy atom. The van der Waals surface area contributed by atoms with Crippen molar-refractivity contribution >= 4 is 11.6 Å². The van der Waals surface area contributed by atoms with E-state index in [-0.39, 0.29) is 11.2 Å². The maximum Gasteiger partial charge on any atom is 0.195 e. The first-order chi connectivity index (χ1) is 14.6. The Hall–Kier alpha value is -2.80. The molecule has 1 saturated heterocycles. The van der Waals surface area contributed by atoms with Crippen molar-refractivity contribution in [3.8, 4) is 11.5 Å². The van der Waals surface area contributed by atoms with Gasteiger partial charge in [-0.3, -0.25) is 4.99 Å². The molecule has 1 aliphatic rings. The molecule has 0 unspecified atom stereocenters. The van der Waals surface area contributed by atoms with E-state index in [0.717, 1.165) is 24.1 Å². The van der Waals surface area contributed by atoms with Crippen LogP contribution in [0.5, 0.6) is 11.5 Å². The Morgan fingerprint density at radius 2 is 1.97 bits per heavy atom. The summed E-state index contributed by atoms with van der Waals surface area (Å²) in [7, 11) is 3.34. The van der Waals surface area contributed by atoms with E-state index in [1.807, 2.05) is 31.2 Å². The fourth-order valence-electron chi connectivity index (χ4n) is 3.74. The molecule has 2 aromatic rings. The van der Waals surface area contributed by atoms with E-state index in [1.54, 1.807) is 26.3 Å². The number of nitrogens with one attached hydrogen (secondary N) is 2. The van der Waals surface area contributed by atoms with Crippen molar-refractivity contribution in [2.45, 2.75) is 25.2 Å². The Labute approximate surface area is 177 Å². The number of hydrogen-bond donors (Lipinski definition) is 2. The smallest absolute Gasteiger partial charge is 0.195 e. The van der Waals surface area contributed by atoms with E-state index in [9.17, 15) is 4.39 Å². The lowest BCUT2D eigenvalue weighted by Crippen LogP contribution is -2.46. The molecular weight excluding hydrogens is 385 g/mol. The molecule has 0 aromatic heterocycles. The molecule has 30 heavy (non-hydrogen) atoms. The Kier molecular flexibility index (Phi) is 7.52. The van der Waals surface area contributed by atoms with Gasteiger partial charge in [-0.1, -0.05) is 12.1 Å². The summed E-state index contributed by atoms with van der Waals surface area (Å²) < 4.78 is 30.5. The first-order valence-corrected chi connectivity index (χ1v) is 10.2. The molecule has 2 aromatic carbocycles. The number of nitrogens with zero attached hydrogens (tertiary/aromatic N) is 1. The van der Waals surface area contributed by atoms with E-state index in [4.69, 9.17) is 14.2 Å². The van der Waals surface area contributed by atoms with Crippen molar-refractivity contribution in [1.82, 2.24) is 5.32 Å². The molecule has 0 bridgehead atoms. The number of rotatable bonds is 7.